The van der Waals surface area contributed by atoms with Gasteiger partial charge in [-0.25, -0.2) is 8.42 Å². The first-order valence-electron chi connectivity index (χ1n) is 11.1. The van der Waals surface area contributed by atoms with Gasteiger partial charge in [0, 0.05) is 12.1 Å². The van der Waals surface area contributed by atoms with E-state index in [1.165, 1.54) is 30.2 Å². The molecular formula is C25H34ClN3O5S. The van der Waals surface area contributed by atoms with Crippen LogP contribution in [-0.2, 0) is 26.2 Å². The fourth-order valence-electron chi connectivity index (χ4n) is 3.49. The second kappa shape index (κ2) is 11.3. The number of rotatable bonds is 9. The Bertz CT molecular complexity index is 1180. The molecule has 2 aromatic carbocycles. The Morgan fingerprint density at radius 2 is 1.80 bits per heavy atom. The Kier molecular flexibility index (Phi) is 9.19. The molecule has 0 aliphatic rings. The van der Waals surface area contributed by atoms with Crippen molar-refractivity contribution < 1.29 is 22.7 Å². The number of nitrogens with one attached hydrogen (secondary N) is 1. The van der Waals surface area contributed by atoms with E-state index >= 15 is 0 Å². The zero-order valence-corrected chi connectivity index (χ0v) is 22.8. The van der Waals surface area contributed by atoms with E-state index in [-0.39, 0.29) is 23.2 Å². The summed E-state index contributed by atoms with van der Waals surface area (Å²) in [6, 6.07) is 11.2. The highest BCUT2D eigenvalue weighted by Gasteiger charge is 2.31. The quantitative estimate of drug-likeness (QED) is 0.540. The Hall–Kier alpha value is -2.78. The van der Waals surface area contributed by atoms with Gasteiger partial charge in [-0.3, -0.25) is 13.9 Å². The molecule has 0 bridgehead atoms. The summed E-state index contributed by atoms with van der Waals surface area (Å²) in [5.74, 6) is -0.485. The zero-order valence-electron chi connectivity index (χ0n) is 21.3. The summed E-state index contributed by atoms with van der Waals surface area (Å²) in [5.41, 5.74) is 1.55. The molecule has 2 amide bonds. The maximum atomic E-state index is 13.6. The normalized spacial score (nSPS) is 12.6. The van der Waals surface area contributed by atoms with Crippen molar-refractivity contribution in [3.8, 4) is 5.75 Å². The molecule has 0 saturated carbocycles. The second-order valence-corrected chi connectivity index (χ2v) is 11.8. The average molecular weight is 524 g/mol. The van der Waals surface area contributed by atoms with Crippen molar-refractivity contribution in [1.29, 1.82) is 0 Å². The maximum absolute atomic E-state index is 13.6. The van der Waals surface area contributed by atoms with Crippen molar-refractivity contribution in [2.75, 3.05) is 24.2 Å². The predicted molar refractivity (Wildman–Crippen MR) is 139 cm³/mol. The van der Waals surface area contributed by atoms with Crippen LogP contribution in [0.5, 0.6) is 5.75 Å². The maximum Gasteiger partial charge on any atom is 0.244 e. The largest absolute Gasteiger partial charge is 0.495 e. The molecule has 2 rings (SSSR count). The smallest absolute Gasteiger partial charge is 0.244 e. The number of carbonyl (C=O) groups excluding carboxylic acids is 2. The Morgan fingerprint density at radius 3 is 2.31 bits per heavy atom. The molecule has 0 saturated heterocycles. The van der Waals surface area contributed by atoms with Crippen LogP contribution in [0.4, 0.5) is 5.69 Å². The third-order valence-electron chi connectivity index (χ3n) is 5.20. The van der Waals surface area contributed by atoms with Gasteiger partial charge in [0.2, 0.25) is 21.8 Å². The fraction of sp³-hybridized carbons (Fsp3) is 0.440. The first-order valence-corrected chi connectivity index (χ1v) is 13.3. The minimum Gasteiger partial charge on any atom is -0.495 e. The second-order valence-electron chi connectivity index (χ2n) is 9.51. The van der Waals surface area contributed by atoms with E-state index in [0.29, 0.717) is 5.75 Å². The van der Waals surface area contributed by atoms with E-state index in [4.69, 9.17) is 16.3 Å². The number of carbonyl (C=O) groups is 2. The SMILES string of the molecule is COc1ccc(N(CC(=O)N(Cc2cccc(C)c2)C(C)C(=O)NC(C)(C)C)S(C)(=O)=O)cc1Cl. The summed E-state index contributed by atoms with van der Waals surface area (Å²) in [5, 5.41) is 3.10. The average Bonchev–Trinajstić information content (AvgIpc) is 2.73. The van der Waals surface area contributed by atoms with Gasteiger partial charge in [0.25, 0.3) is 0 Å². The third kappa shape index (κ3) is 8.14. The van der Waals surface area contributed by atoms with Crippen LogP contribution in [0, 0.1) is 6.92 Å². The first-order chi connectivity index (χ1) is 16.1. The molecule has 0 aromatic heterocycles. The summed E-state index contributed by atoms with van der Waals surface area (Å²) >= 11 is 6.20. The Balaban J connectivity index is 2.43. The van der Waals surface area contributed by atoms with Crippen LogP contribution in [0.2, 0.25) is 5.02 Å². The van der Waals surface area contributed by atoms with Gasteiger partial charge in [0.15, 0.2) is 0 Å². The van der Waals surface area contributed by atoms with E-state index in [2.05, 4.69) is 5.32 Å². The summed E-state index contributed by atoms with van der Waals surface area (Å²) in [6.45, 7) is 8.75. The van der Waals surface area contributed by atoms with Gasteiger partial charge in [0.05, 0.1) is 24.1 Å². The molecule has 0 radical (unpaired) electrons. The highest BCUT2D eigenvalue weighted by molar-refractivity contribution is 7.92. The number of sulfonamides is 1. The number of hydrogen-bond acceptors (Lipinski definition) is 5. The molecule has 0 heterocycles. The molecule has 1 unspecified atom stereocenters. The molecule has 1 N–H and O–H groups in total. The van der Waals surface area contributed by atoms with Gasteiger partial charge < -0.3 is 15.0 Å². The predicted octanol–water partition coefficient (Wildman–Crippen LogP) is 3.76. The van der Waals surface area contributed by atoms with E-state index in [1.54, 1.807) is 6.92 Å². The first kappa shape index (κ1) is 28.5. The molecule has 8 nitrogen and oxygen atoms in total. The van der Waals surface area contributed by atoms with Crippen LogP contribution in [0.1, 0.15) is 38.8 Å². The van der Waals surface area contributed by atoms with Crippen LogP contribution in [0.3, 0.4) is 0 Å². The van der Waals surface area contributed by atoms with Crippen LogP contribution >= 0.6 is 11.6 Å². The van der Waals surface area contributed by atoms with Crippen molar-refractivity contribution >= 4 is 39.1 Å². The van der Waals surface area contributed by atoms with Gasteiger partial charge in [0.1, 0.15) is 18.3 Å². The number of benzene rings is 2. The van der Waals surface area contributed by atoms with Crippen molar-refractivity contribution in [2.24, 2.45) is 0 Å². The van der Waals surface area contributed by atoms with Gasteiger partial charge in [-0.1, -0.05) is 41.4 Å². The van der Waals surface area contributed by atoms with Crippen LogP contribution in [-0.4, -0.2) is 56.6 Å². The minimum absolute atomic E-state index is 0.139. The summed E-state index contributed by atoms with van der Waals surface area (Å²) in [4.78, 5) is 27.9. The Morgan fingerprint density at radius 1 is 1.14 bits per heavy atom. The van der Waals surface area contributed by atoms with E-state index < -0.39 is 34.1 Å². The molecule has 0 fully saturated rings. The van der Waals surface area contributed by atoms with Gasteiger partial charge >= 0.3 is 0 Å². The van der Waals surface area contributed by atoms with Gasteiger partial charge in [-0.2, -0.15) is 0 Å². The van der Waals surface area contributed by atoms with E-state index in [9.17, 15) is 18.0 Å². The minimum atomic E-state index is -3.85. The molecule has 0 spiro atoms. The lowest BCUT2D eigenvalue weighted by Gasteiger charge is -2.33. The lowest BCUT2D eigenvalue weighted by Crippen LogP contribution is -2.54. The summed E-state index contributed by atoms with van der Waals surface area (Å²) in [6.07, 6.45) is 1.01. The summed E-state index contributed by atoms with van der Waals surface area (Å²) < 4.78 is 31.4. The molecular weight excluding hydrogens is 490 g/mol. The lowest BCUT2D eigenvalue weighted by molar-refractivity contribution is -0.140. The number of anilines is 1. The van der Waals surface area contributed by atoms with Crippen molar-refractivity contribution in [3.05, 3.63) is 58.6 Å². The van der Waals surface area contributed by atoms with Crippen LogP contribution in [0.25, 0.3) is 0 Å². The van der Waals surface area contributed by atoms with Crippen molar-refractivity contribution in [1.82, 2.24) is 10.2 Å². The fourth-order valence-corrected chi connectivity index (χ4v) is 4.58. The molecule has 0 aliphatic carbocycles. The molecule has 1 atom stereocenters. The molecule has 0 aliphatic heterocycles. The van der Waals surface area contributed by atoms with E-state index in [0.717, 1.165) is 21.7 Å². The number of methoxy groups -OCH3 is 1. The molecule has 35 heavy (non-hydrogen) atoms. The van der Waals surface area contributed by atoms with Crippen molar-refractivity contribution in [3.63, 3.8) is 0 Å². The third-order valence-corrected chi connectivity index (χ3v) is 6.64. The zero-order chi connectivity index (χ0) is 26.6. The number of aryl methyl sites for hydroxylation is 1. The molecule has 2 aromatic rings. The molecule has 192 valence electrons. The number of hydrogen-bond donors (Lipinski definition) is 1. The summed E-state index contributed by atoms with van der Waals surface area (Å²) in [7, 11) is -2.40. The Labute approximate surface area is 213 Å². The van der Waals surface area contributed by atoms with Crippen LogP contribution in [0.15, 0.2) is 42.5 Å². The molecule has 10 heteroatoms. The topological polar surface area (TPSA) is 96.0 Å². The number of halogens is 1. The highest BCUT2D eigenvalue weighted by Crippen LogP contribution is 2.30. The van der Waals surface area contributed by atoms with E-state index in [1.807, 2.05) is 52.0 Å². The van der Waals surface area contributed by atoms with Gasteiger partial charge in [-0.15, -0.1) is 0 Å². The lowest BCUT2D eigenvalue weighted by atomic mass is 10.1. The number of ether oxygens (including phenoxy) is 1. The monoisotopic (exact) mass is 523 g/mol. The van der Waals surface area contributed by atoms with Crippen LogP contribution < -0.4 is 14.4 Å². The van der Waals surface area contributed by atoms with Crippen molar-refractivity contribution in [2.45, 2.75) is 52.7 Å². The van der Waals surface area contributed by atoms with Gasteiger partial charge in [-0.05, 0) is 58.4 Å². The highest BCUT2D eigenvalue weighted by atomic mass is 35.5. The number of amides is 2. The standard InChI is InChI=1S/C25H34ClN3O5S/c1-17-9-8-10-19(13-17)15-28(18(2)24(31)27-25(3,4)5)23(30)16-29(35(7,32)33)20-11-12-22(34-6)21(26)14-20/h8-14,18H,15-16H2,1-7H3,(H,27,31). The number of nitrogens with zero attached hydrogens (tertiary/aromatic N) is 2.